The van der Waals surface area contributed by atoms with Crippen LogP contribution in [0.15, 0.2) is 175 Å². The van der Waals surface area contributed by atoms with E-state index in [-0.39, 0.29) is 56.3 Å². The first-order chi connectivity index (χ1) is 40.3. The molecule has 2 saturated heterocycles. The number of benzene rings is 8. The molecule has 6 atom stereocenters. The third-order valence-corrected chi connectivity index (χ3v) is 18.5. The number of hydrogen-bond acceptors (Lipinski definition) is 14. The molecule has 3 N–H and O–H groups in total. The van der Waals surface area contributed by atoms with Crippen molar-refractivity contribution >= 4 is 64.7 Å². The fraction of sp³-hybridized carbons (Fsp3) is 0.288. The van der Waals surface area contributed by atoms with Gasteiger partial charge in [0, 0.05) is 17.6 Å². The highest BCUT2D eigenvalue weighted by Crippen LogP contribution is 2.58. The smallest absolute Gasteiger partial charge is 0.259 e. The summed E-state index contributed by atoms with van der Waals surface area (Å²) in [6, 6.07) is 54.6. The van der Waals surface area contributed by atoms with Crippen molar-refractivity contribution in [3.8, 4) is 17.6 Å². The predicted molar refractivity (Wildman–Crippen MR) is 322 cm³/mol. The van der Waals surface area contributed by atoms with Crippen molar-refractivity contribution in [1.29, 1.82) is 5.26 Å². The molecule has 8 aromatic carbocycles. The van der Waals surface area contributed by atoms with Crippen molar-refractivity contribution in [2.45, 2.75) is 87.9 Å². The van der Waals surface area contributed by atoms with Gasteiger partial charge in [-0.3, -0.25) is 19.9 Å². The fourth-order valence-corrected chi connectivity index (χ4v) is 14.4. The summed E-state index contributed by atoms with van der Waals surface area (Å²) in [4.78, 5) is 41.9. The monoisotopic (exact) mass is 1130 g/mol. The van der Waals surface area contributed by atoms with Gasteiger partial charge in [-0.05, 0) is 107 Å². The molecule has 1 aromatic heterocycles. The Labute approximate surface area is 483 Å². The molecule has 422 valence electrons. The first-order valence-corrected chi connectivity index (χ1v) is 29.1. The van der Waals surface area contributed by atoms with Gasteiger partial charge in [0.1, 0.15) is 46.4 Å². The van der Waals surface area contributed by atoms with Crippen molar-refractivity contribution in [3.05, 3.63) is 204 Å². The van der Waals surface area contributed by atoms with E-state index in [1.807, 2.05) is 89.8 Å². The number of Topliss-reactive ketones (excluding diaryl/α,β-unsaturated/α-hetero) is 1. The maximum atomic E-state index is 16.1. The van der Waals surface area contributed by atoms with Crippen LogP contribution in [0, 0.1) is 11.3 Å². The number of likely N-dealkylation sites (tertiary alicyclic amines) is 1. The molecular formula is C66H65N8O8P. The van der Waals surface area contributed by atoms with E-state index < -0.39 is 49.5 Å². The van der Waals surface area contributed by atoms with Crippen molar-refractivity contribution in [2.24, 2.45) is 10.7 Å². The molecule has 0 spiro atoms. The minimum atomic E-state index is -1.97. The van der Waals surface area contributed by atoms with Gasteiger partial charge in [-0.2, -0.15) is 5.26 Å². The lowest BCUT2D eigenvalue weighted by Gasteiger charge is -2.42. The second-order valence-electron chi connectivity index (χ2n) is 21.9. The minimum absolute atomic E-state index is 0.0312. The average molecular weight is 1130 g/mol. The zero-order chi connectivity index (χ0) is 57.6. The van der Waals surface area contributed by atoms with Crippen molar-refractivity contribution in [2.75, 3.05) is 39.3 Å². The summed E-state index contributed by atoms with van der Waals surface area (Å²) < 4.78 is 45.2. The van der Waals surface area contributed by atoms with E-state index >= 15 is 4.79 Å². The van der Waals surface area contributed by atoms with E-state index in [0.717, 1.165) is 54.6 Å². The highest BCUT2D eigenvalue weighted by atomic mass is 31.2. The Bertz CT molecular complexity index is 3820. The molecule has 1 amide bonds. The summed E-state index contributed by atoms with van der Waals surface area (Å²) in [6.07, 6.45) is 1.14. The molecular weight excluding hydrogens is 1060 g/mol. The maximum absolute atomic E-state index is 16.1. The lowest BCUT2D eigenvalue weighted by molar-refractivity contribution is -0.181. The zero-order valence-corrected chi connectivity index (χ0v) is 48.0. The highest BCUT2D eigenvalue weighted by molar-refractivity contribution is 7.44. The summed E-state index contributed by atoms with van der Waals surface area (Å²) in [5.41, 5.74) is 6.17. The summed E-state index contributed by atoms with van der Waals surface area (Å²) in [6.45, 7) is 8.31. The highest BCUT2D eigenvalue weighted by Gasteiger charge is 2.68. The Morgan fingerprint density at radius 1 is 0.795 bits per heavy atom. The predicted octanol–water partition coefficient (Wildman–Crippen LogP) is 11.6. The van der Waals surface area contributed by atoms with Crippen LogP contribution in [0.4, 0.5) is 5.82 Å². The number of imidazole rings is 1. The largest absolute Gasteiger partial charge is 0.497 e. The molecule has 0 saturated carbocycles. The van der Waals surface area contributed by atoms with Gasteiger partial charge < -0.3 is 38.2 Å². The molecule has 4 heterocycles. The molecule has 0 aliphatic carbocycles. The number of ether oxygens (including phenoxy) is 4. The van der Waals surface area contributed by atoms with Gasteiger partial charge in [-0.15, -0.1) is 0 Å². The van der Waals surface area contributed by atoms with Crippen LogP contribution in [-0.2, 0) is 41.0 Å². The van der Waals surface area contributed by atoms with Gasteiger partial charge in [0.2, 0.25) is 17.4 Å². The number of hydrogen-bond donors (Lipinski definition) is 2. The lowest BCUT2D eigenvalue weighted by Crippen LogP contribution is -2.52. The molecule has 3 aliphatic rings. The zero-order valence-electron chi connectivity index (χ0n) is 47.1. The molecule has 2 bridgehead atoms. The summed E-state index contributed by atoms with van der Waals surface area (Å²) in [5.74, 6) is 1.05. The number of nitrogens with one attached hydrogen (secondary N) is 1. The first kappa shape index (κ1) is 55.4. The van der Waals surface area contributed by atoms with Gasteiger partial charge in [-0.25, -0.2) is 14.6 Å². The first-order valence-electron chi connectivity index (χ1n) is 27.9. The topological polar surface area (TPSA) is 188 Å². The number of carbonyl (C=O) groups excluding carboxylic acids is 2. The van der Waals surface area contributed by atoms with Crippen LogP contribution in [0.1, 0.15) is 78.6 Å². The van der Waals surface area contributed by atoms with E-state index in [9.17, 15) is 10.1 Å². The number of ketones is 1. The van der Waals surface area contributed by atoms with E-state index in [4.69, 9.17) is 38.7 Å². The fourth-order valence-electron chi connectivity index (χ4n) is 12.6. The van der Waals surface area contributed by atoms with Crippen LogP contribution < -0.4 is 20.5 Å². The quantitative estimate of drug-likeness (QED) is 0.0228. The second-order valence-corrected chi connectivity index (χ2v) is 23.3. The number of methoxy groups -OCH3 is 2. The number of fused-ring (bicyclic) bond motifs is 3. The van der Waals surface area contributed by atoms with Crippen LogP contribution >= 0.6 is 8.53 Å². The summed E-state index contributed by atoms with van der Waals surface area (Å²) in [7, 11) is 1.30. The number of morpholine rings is 1. The van der Waals surface area contributed by atoms with Crippen LogP contribution in [0.5, 0.6) is 11.5 Å². The molecule has 12 rings (SSSR count). The van der Waals surface area contributed by atoms with Gasteiger partial charge in [0.25, 0.3) is 8.53 Å². The Morgan fingerprint density at radius 3 is 2.02 bits per heavy atom. The number of aromatic nitrogens is 2. The Hall–Kier alpha value is -8.10. The van der Waals surface area contributed by atoms with Gasteiger partial charge >= 0.3 is 0 Å². The average Bonchev–Trinajstić information content (AvgIpc) is 2.61. The van der Waals surface area contributed by atoms with Crippen LogP contribution in [0.2, 0.25) is 0 Å². The molecule has 3 aliphatic heterocycles. The van der Waals surface area contributed by atoms with E-state index in [0.29, 0.717) is 22.9 Å². The maximum Gasteiger partial charge on any atom is 0.259 e. The van der Waals surface area contributed by atoms with E-state index in [1.165, 1.54) is 6.34 Å². The molecule has 17 heteroatoms. The normalized spacial score (nSPS) is 20.6. The van der Waals surface area contributed by atoms with Gasteiger partial charge in [0.05, 0.1) is 65.6 Å². The third kappa shape index (κ3) is 9.66. The SMILES string of the molecule is COc1ccc(C(OC[C@]23CN(C(=O)Cc4ccc5ccc6cccc7ccc4c5c67)[C@H]([C@H](n4cnc5c4NC=NC5(N)C(=O)c4ccccc4)O2)[C@H]3OP(OCCC#N)N(C(C)C)C(C)C)(c2ccccc2)c2ccc(OC)cc2)cc1. The molecule has 0 radical (unpaired) electrons. The molecule has 2 fully saturated rings. The van der Waals surface area contributed by atoms with E-state index in [2.05, 4.69) is 103 Å². The van der Waals surface area contributed by atoms with Crippen LogP contribution in [-0.4, -0.2) is 101 Å². The van der Waals surface area contributed by atoms with Gasteiger partial charge in [-0.1, -0.05) is 140 Å². The molecule has 2 unspecified atom stereocenters. The molecule has 16 nitrogen and oxygen atoms in total. The number of nitrogens with zero attached hydrogens (tertiary/aromatic N) is 6. The van der Waals surface area contributed by atoms with Crippen molar-refractivity contribution in [3.63, 3.8) is 0 Å². The van der Waals surface area contributed by atoms with Crippen molar-refractivity contribution in [1.82, 2.24) is 19.1 Å². The van der Waals surface area contributed by atoms with Crippen LogP contribution in [0.25, 0.3) is 32.3 Å². The number of amides is 1. The van der Waals surface area contributed by atoms with E-state index in [1.54, 1.807) is 49.4 Å². The number of nitrogens with two attached hydrogens (primary N) is 1. The van der Waals surface area contributed by atoms with Gasteiger partial charge in [0.15, 0.2) is 6.23 Å². The summed E-state index contributed by atoms with van der Waals surface area (Å²) in [5, 5.41) is 19.7. The standard InChI is InChI=1S/C66H65N8O8P/c1-42(2)74(43(3)4)83(80-36-14-35-67)82-61-58-63(73-41-70-59-62(73)69-40-71-66(59,68)60(76)47-15-9-7-10-16-47)81-64(61,38-72(58)55(75)37-48-24-23-46-22-21-44-17-13-18-45-25-34-54(48)57(46)56(44)45)39-79-65(49-19-11-8-12-20-49,50-26-30-52(77-5)31-27-50)51-28-32-53(78-6)33-29-51/h7-13,15-34,40-43,58,61,63H,14,36-39,68H2,1-6H3,(H,69,71)/t58-,61+,63+,64-,66?,83?/m0/s1. The Kier molecular flexibility index (Phi) is 15.1. The minimum Gasteiger partial charge on any atom is -0.497 e. The van der Waals surface area contributed by atoms with Crippen molar-refractivity contribution < 1.29 is 37.6 Å². The lowest BCUT2D eigenvalue weighted by atomic mass is 9.79. The second kappa shape index (κ2) is 22.6. The number of anilines is 1. The molecule has 9 aromatic rings. The van der Waals surface area contributed by atoms with Crippen LogP contribution in [0.3, 0.4) is 0 Å². The number of carbonyl (C=O) groups is 2. The molecule has 83 heavy (non-hydrogen) atoms. The number of rotatable bonds is 21. The Balaban J connectivity index is 1.05. The summed E-state index contributed by atoms with van der Waals surface area (Å²) >= 11 is 0. The number of nitriles is 1. The number of aliphatic imine (C=N–C) groups is 1. The third-order valence-electron chi connectivity index (χ3n) is 16.4. The Morgan fingerprint density at radius 2 is 1.40 bits per heavy atom.